The van der Waals surface area contributed by atoms with Crippen LogP contribution in [0.25, 0.3) is 0 Å². The first kappa shape index (κ1) is 21.4. The summed E-state index contributed by atoms with van der Waals surface area (Å²) < 4.78 is 5.52. The number of benzene rings is 1. The van der Waals surface area contributed by atoms with Crippen molar-refractivity contribution in [2.24, 2.45) is 0 Å². The molecule has 0 heterocycles. The molecule has 1 aromatic rings. The number of amides is 1. The highest BCUT2D eigenvalue weighted by Crippen LogP contribution is 2.06. The molecule has 0 spiro atoms. The van der Waals surface area contributed by atoms with Gasteiger partial charge in [-0.1, -0.05) is 50.8 Å². The van der Waals surface area contributed by atoms with E-state index in [9.17, 15) is 4.79 Å². The van der Waals surface area contributed by atoms with E-state index in [1.165, 1.54) is 52.2 Å². The zero-order valence-corrected chi connectivity index (χ0v) is 15.6. The van der Waals surface area contributed by atoms with Crippen LogP contribution in [0.5, 0.6) is 0 Å². The number of unbranched alkanes of at least 4 members (excludes halogenated alkanes) is 5. The fourth-order valence-electron chi connectivity index (χ4n) is 2.06. The first-order chi connectivity index (χ1) is 10.9. The number of methoxy groups -OCH3 is 1. The molecule has 0 aliphatic heterocycles. The Hall–Kier alpha value is -1.55. The summed E-state index contributed by atoms with van der Waals surface area (Å²) in [5.41, 5.74) is 0.736. The Morgan fingerprint density at radius 1 is 1.00 bits per heavy atom. The molecule has 0 aromatic heterocycles. The van der Waals surface area contributed by atoms with Gasteiger partial charge in [0, 0.05) is 5.69 Å². The average molecular weight is 324 g/mol. The molecule has 1 rings (SSSR count). The third-order valence-electron chi connectivity index (χ3n) is 3.39. The second-order valence-corrected chi connectivity index (χ2v) is 6.76. The molecule has 23 heavy (non-hydrogen) atoms. The standard InChI is InChI=1S/C11H26N.C8H9NO2/c1-5-6-7-8-9-10-11-12(2,3)4;1-11-8(10)9-7-5-3-2-4-6-7/h5-11H2,1-4H3;2-6H,1H3,(H,9,10)/q+1;. The Morgan fingerprint density at radius 2 is 1.57 bits per heavy atom. The zero-order chi connectivity index (χ0) is 17.6. The molecule has 0 bridgehead atoms. The first-order valence-electron chi connectivity index (χ1n) is 8.59. The van der Waals surface area contributed by atoms with E-state index < -0.39 is 6.09 Å². The topological polar surface area (TPSA) is 38.3 Å². The van der Waals surface area contributed by atoms with Crippen LogP contribution in [0.3, 0.4) is 0 Å². The molecule has 4 heteroatoms. The number of carbonyl (C=O) groups excluding carboxylic acids is 1. The molecular formula is C19H35N2O2+. The van der Waals surface area contributed by atoms with E-state index in [1.807, 2.05) is 18.2 Å². The van der Waals surface area contributed by atoms with Gasteiger partial charge in [-0.3, -0.25) is 5.32 Å². The molecule has 132 valence electrons. The molecule has 1 amide bonds. The highest BCUT2D eigenvalue weighted by atomic mass is 16.5. The van der Waals surface area contributed by atoms with Crippen LogP contribution in [0.1, 0.15) is 45.4 Å². The van der Waals surface area contributed by atoms with Gasteiger partial charge in [0.15, 0.2) is 0 Å². The summed E-state index contributed by atoms with van der Waals surface area (Å²) in [6.07, 6.45) is 8.03. The third kappa shape index (κ3) is 15.1. The molecular weight excluding hydrogens is 288 g/mol. The molecule has 0 unspecified atom stereocenters. The van der Waals surface area contributed by atoms with Gasteiger partial charge < -0.3 is 9.22 Å². The molecule has 0 atom stereocenters. The van der Waals surface area contributed by atoms with Crippen molar-refractivity contribution in [2.45, 2.75) is 45.4 Å². The number of nitrogens with zero attached hydrogens (tertiary/aromatic N) is 1. The number of ether oxygens (including phenoxy) is 1. The van der Waals surface area contributed by atoms with E-state index in [0.717, 1.165) is 10.2 Å². The highest BCUT2D eigenvalue weighted by molar-refractivity contribution is 5.84. The van der Waals surface area contributed by atoms with E-state index in [-0.39, 0.29) is 0 Å². The molecule has 0 saturated carbocycles. The molecule has 0 saturated heterocycles. The Labute approximate surface area is 142 Å². The van der Waals surface area contributed by atoms with Crippen LogP contribution in [0.4, 0.5) is 10.5 Å². The summed E-state index contributed by atoms with van der Waals surface area (Å²) >= 11 is 0. The van der Waals surface area contributed by atoms with Crippen LogP contribution in [-0.2, 0) is 4.74 Å². The molecule has 0 fully saturated rings. The van der Waals surface area contributed by atoms with Crippen molar-refractivity contribution in [1.29, 1.82) is 0 Å². The fraction of sp³-hybridized carbons (Fsp3) is 0.632. The van der Waals surface area contributed by atoms with Crippen molar-refractivity contribution in [2.75, 3.05) is 40.1 Å². The van der Waals surface area contributed by atoms with Crippen LogP contribution in [-0.4, -0.2) is 45.4 Å². The summed E-state index contributed by atoms with van der Waals surface area (Å²) in [5.74, 6) is 0. The summed E-state index contributed by atoms with van der Waals surface area (Å²) in [6.45, 7) is 3.60. The summed E-state index contributed by atoms with van der Waals surface area (Å²) in [5, 5.41) is 2.53. The van der Waals surface area contributed by atoms with Crippen molar-refractivity contribution in [3.63, 3.8) is 0 Å². The predicted molar refractivity (Wildman–Crippen MR) is 98.7 cm³/mol. The Morgan fingerprint density at radius 3 is 2.09 bits per heavy atom. The average Bonchev–Trinajstić information content (AvgIpc) is 2.51. The highest BCUT2D eigenvalue weighted by Gasteiger charge is 2.04. The maximum absolute atomic E-state index is 10.6. The minimum Gasteiger partial charge on any atom is -0.453 e. The van der Waals surface area contributed by atoms with Gasteiger partial charge >= 0.3 is 6.09 Å². The number of hydrogen-bond acceptors (Lipinski definition) is 2. The predicted octanol–water partition coefficient (Wildman–Crippen LogP) is 4.92. The number of anilines is 1. The van der Waals surface area contributed by atoms with Crippen LogP contribution < -0.4 is 5.32 Å². The minimum absolute atomic E-state index is 0.448. The Balaban J connectivity index is 0.000000422. The quantitative estimate of drug-likeness (QED) is 0.545. The number of hydrogen-bond donors (Lipinski definition) is 1. The SMILES string of the molecule is CCCCCCCC[N+](C)(C)C.COC(=O)Nc1ccccc1. The number of carbonyl (C=O) groups is 1. The van der Waals surface area contributed by atoms with Crippen molar-refractivity contribution in [3.05, 3.63) is 30.3 Å². The maximum atomic E-state index is 10.6. The first-order valence-corrected chi connectivity index (χ1v) is 8.59. The lowest BCUT2D eigenvalue weighted by molar-refractivity contribution is -0.870. The van der Waals surface area contributed by atoms with Gasteiger partial charge in [0.2, 0.25) is 0 Å². The second kappa shape index (κ2) is 12.9. The van der Waals surface area contributed by atoms with Crippen molar-refractivity contribution in [1.82, 2.24) is 0 Å². The molecule has 0 aliphatic rings. The van der Waals surface area contributed by atoms with Gasteiger partial charge in [-0.2, -0.15) is 0 Å². The smallest absolute Gasteiger partial charge is 0.411 e. The van der Waals surface area contributed by atoms with Crippen molar-refractivity contribution < 1.29 is 14.0 Å². The number of nitrogens with one attached hydrogen (secondary N) is 1. The van der Waals surface area contributed by atoms with E-state index in [1.54, 1.807) is 12.1 Å². The normalized spacial score (nSPS) is 10.5. The number of para-hydroxylation sites is 1. The van der Waals surface area contributed by atoms with Crippen LogP contribution in [0.15, 0.2) is 30.3 Å². The van der Waals surface area contributed by atoms with Crippen molar-refractivity contribution >= 4 is 11.8 Å². The number of rotatable bonds is 8. The molecule has 0 aliphatic carbocycles. The summed E-state index contributed by atoms with van der Waals surface area (Å²) in [7, 11) is 8.14. The zero-order valence-electron chi connectivity index (χ0n) is 15.6. The number of quaternary nitrogens is 1. The third-order valence-corrected chi connectivity index (χ3v) is 3.39. The second-order valence-electron chi connectivity index (χ2n) is 6.76. The molecule has 0 radical (unpaired) electrons. The Bertz CT molecular complexity index is 400. The van der Waals surface area contributed by atoms with Gasteiger partial charge in [-0.15, -0.1) is 0 Å². The van der Waals surface area contributed by atoms with Crippen molar-refractivity contribution in [3.8, 4) is 0 Å². The van der Waals surface area contributed by atoms with Gasteiger partial charge in [-0.25, -0.2) is 4.79 Å². The van der Waals surface area contributed by atoms with Gasteiger partial charge in [0.1, 0.15) is 0 Å². The molecule has 1 aromatic carbocycles. The van der Waals surface area contributed by atoms with E-state index >= 15 is 0 Å². The molecule has 1 N–H and O–H groups in total. The summed E-state index contributed by atoms with van der Waals surface area (Å²) in [6, 6.07) is 9.13. The lowest BCUT2D eigenvalue weighted by atomic mass is 10.1. The lowest BCUT2D eigenvalue weighted by Crippen LogP contribution is -2.35. The van der Waals surface area contributed by atoms with Crippen LogP contribution >= 0.6 is 0 Å². The van der Waals surface area contributed by atoms with E-state index in [2.05, 4.69) is 38.1 Å². The van der Waals surface area contributed by atoms with Gasteiger partial charge in [0.25, 0.3) is 0 Å². The largest absolute Gasteiger partial charge is 0.453 e. The van der Waals surface area contributed by atoms with E-state index in [4.69, 9.17) is 0 Å². The van der Waals surface area contributed by atoms with Crippen LogP contribution in [0.2, 0.25) is 0 Å². The van der Waals surface area contributed by atoms with Gasteiger partial charge in [0.05, 0.1) is 34.8 Å². The maximum Gasteiger partial charge on any atom is 0.411 e. The minimum atomic E-state index is -0.448. The fourth-order valence-corrected chi connectivity index (χ4v) is 2.06. The summed E-state index contributed by atoms with van der Waals surface area (Å²) in [4.78, 5) is 10.6. The lowest BCUT2D eigenvalue weighted by Gasteiger charge is -2.23. The monoisotopic (exact) mass is 323 g/mol. The van der Waals surface area contributed by atoms with E-state index in [0.29, 0.717) is 0 Å². The van der Waals surface area contributed by atoms with Crippen LogP contribution in [0, 0.1) is 0 Å². The van der Waals surface area contributed by atoms with Gasteiger partial charge in [-0.05, 0) is 25.0 Å². The molecule has 4 nitrogen and oxygen atoms in total. The Kier molecular flexibility index (Phi) is 12.1.